The summed E-state index contributed by atoms with van der Waals surface area (Å²) in [7, 11) is 1.87. The molecule has 3 heteroatoms. The summed E-state index contributed by atoms with van der Waals surface area (Å²) >= 11 is 0. The minimum atomic E-state index is -0.486. The molecular formula is C13H14F2N+. The second-order valence-corrected chi connectivity index (χ2v) is 4.15. The van der Waals surface area contributed by atoms with Crippen molar-refractivity contribution in [2.24, 2.45) is 13.0 Å². The van der Waals surface area contributed by atoms with Gasteiger partial charge in [-0.15, -0.1) is 0 Å². The van der Waals surface area contributed by atoms with Crippen molar-refractivity contribution in [3.8, 4) is 0 Å². The molecule has 1 aromatic rings. The number of aryl methyl sites for hydroxylation is 1. The third kappa shape index (κ3) is 1.90. The summed E-state index contributed by atoms with van der Waals surface area (Å²) in [6.45, 7) is 1.82. The fourth-order valence-electron chi connectivity index (χ4n) is 2.14. The van der Waals surface area contributed by atoms with Crippen LogP contribution in [0.3, 0.4) is 0 Å². The highest BCUT2D eigenvalue weighted by Crippen LogP contribution is 2.36. The minimum Gasteiger partial charge on any atom is -0.211 e. The minimum absolute atomic E-state index is 0.168. The maximum atomic E-state index is 13.8. The summed E-state index contributed by atoms with van der Waals surface area (Å²) in [4.78, 5) is 0. The Morgan fingerprint density at radius 1 is 1.25 bits per heavy atom. The lowest BCUT2D eigenvalue weighted by molar-refractivity contribution is -0.680. The zero-order chi connectivity index (χ0) is 11.7. The van der Waals surface area contributed by atoms with Crippen LogP contribution in [0.4, 0.5) is 8.78 Å². The quantitative estimate of drug-likeness (QED) is 0.643. The van der Waals surface area contributed by atoms with E-state index in [1.165, 1.54) is 6.08 Å². The summed E-state index contributed by atoms with van der Waals surface area (Å²) in [6.07, 6.45) is 4.29. The number of hydrogen-bond acceptors (Lipinski definition) is 0. The second-order valence-electron chi connectivity index (χ2n) is 4.15. The van der Waals surface area contributed by atoms with E-state index < -0.39 is 11.7 Å². The fraction of sp³-hybridized carbons (Fsp3) is 0.308. The van der Waals surface area contributed by atoms with Crippen LogP contribution >= 0.6 is 0 Å². The first-order valence-corrected chi connectivity index (χ1v) is 5.28. The molecule has 0 N–H and O–H groups in total. The van der Waals surface area contributed by atoms with E-state index in [9.17, 15) is 8.78 Å². The Bertz CT molecular complexity index is 463. The third-order valence-corrected chi connectivity index (χ3v) is 2.93. The maximum Gasteiger partial charge on any atom is 0.191 e. The van der Waals surface area contributed by atoms with Crippen molar-refractivity contribution in [2.75, 3.05) is 0 Å². The van der Waals surface area contributed by atoms with Gasteiger partial charge in [-0.2, -0.15) is 0 Å². The van der Waals surface area contributed by atoms with Crippen molar-refractivity contribution in [3.05, 3.63) is 53.9 Å². The highest BCUT2D eigenvalue weighted by molar-refractivity contribution is 5.30. The molecule has 0 radical (unpaired) electrons. The van der Waals surface area contributed by atoms with Crippen LogP contribution in [0.2, 0.25) is 0 Å². The Labute approximate surface area is 93.7 Å². The summed E-state index contributed by atoms with van der Waals surface area (Å²) < 4.78 is 28.7. The van der Waals surface area contributed by atoms with Crippen LogP contribution in [-0.2, 0) is 7.05 Å². The first-order chi connectivity index (χ1) is 7.59. The van der Waals surface area contributed by atoms with Crippen molar-refractivity contribution in [1.82, 2.24) is 0 Å². The monoisotopic (exact) mass is 222 g/mol. The van der Waals surface area contributed by atoms with Crippen LogP contribution in [0.1, 0.15) is 18.5 Å². The molecule has 1 aliphatic carbocycles. The standard InChI is InChI=1S/C13H14F2N/c1-9-7-10(14)8-11(15)13(9)12-5-3-4-6-16(12)2/h3-9,13H,1-2H3/q+1. The molecule has 16 heavy (non-hydrogen) atoms. The molecule has 0 aromatic carbocycles. The molecule has 0 amide bonds. The number of nitrogens with zero attached hydrogens (tertiary/aromatic N) is 1. The van der Waals surface area contributed by atoms with Gasteiger partial charge in [-0.25, -0.2) is 13.3 Å². The summed E-state index contributed by atoms with van der Waals surface area (Å²) in [5, 5.41) is 0. The van der Waals surface area contributed by atoms with Crippen LogP contribution in [0, 0.1) is 5.92 Å². The zero-order valence-electron chi connectivity index (χ0n) is 9.32. The number of halogens is 2. The van der Waals surface area contributed by atoms with Crippen molar-refractivity contribution in [1.29, 1.82) is 0 Å². The van der Waals surface area contributed by atoms with Gasteiger partial charge in [-0.1, -0.05) is 13.0 Å². The third-order valence-electron chi connectivity index (χ3n) is 2.93. The molecule has 1 aromatic heterocycles. The Balaban J connectivity index is 2.43. The fourth-order valence-corrected chi connectivity index (χ4v) is 2.14. The highest BCUT2D eigenvalue weighted by Gasteiger charge is 2.32. The Morgan fingerprint density at radius 3 is 2.62 bits per heavy atom. The smallest absolute Gasteiger partial charge is 0.191 e. The molecular weight excluding hydrogens is 208 g/mol. The van der Waals surface area contributed by atoms with E-state index in [0.717, 1.165) is 11.8 Å². The molecule has 0 saturated carbocycles. The SMILES string of the molecule is CC1C=C(F)C=C(F)C1c1cccc[n+]1C. The van der Waals surface area contributed by atoms with Gasteiger partial charge in [0.05, 0.1) is 0 Å². The van der Waals surface area contributed by atoms with Crippen LogP contribution in [-0.4, -0.2) is 0 Å². The lowest BCUT2D eigenvalue weighted by atomic mass is 9.85. The lowest BCUT2D eigenvalue weighted by Crippen LogP contribution is -2.36. The van der Waals surface area contributed by atoms with E-state index in [-0.39, 0.29) is 11.8 Å². The predicted octanol–water partition coefficient (Wildman–Crippen LogP) is 2.95. The first kappa shape index (κ1) is 11.0. The Hall–Kier alpha value is -1.51. The molecule has 0 spiro atoms. The van der Waals surface area contributed by atoms with Gasteiger partial charge in [-0.3, -0.25) is 0 Å². The average Bonchev–Trinajstić information content (AvgIpc) is 2.19. The van der Waals surface area contributed by atoms with Gasteiger partial charge in [0.25, 0.3) is 0 Å². The molecule has 1 heterocycles. The van der Waals surface area contributed by atoms with Gasteiger partial charge in [0.15, 0.2) is 11.9 Å². The van der Waals surface area contributed by atoms with Gasteiger partial charge >= 0.3 is 0 Å². The van der Waals surface area contributed by atoms with E-state index in [2.05, 4.69) is 0 Å². The van der Waals surface area contributed by atoms with E-state index >= 15 is 0 Å². The highest BCUT2D eigenvalue weighted by atomic mass is 19.1. The molecule has 0 aliphatic heterocycles. The maximum absolute atomic E-state index is 13.8. The van der Waals surface area contributed by atoms with E-state index in [1.807, 2.05) is 42.9 Å². The molecule has 0 fully saturated rings. The number of rotatable bonds is 1. The summed E-state index contributed by atoms with van der Waals surface area (Å²) in [5.74, 6) is -1.45. The second kappa shape index (κ2) is 4.16. The van der Waals surface area contributed by atoms with Gasteiger partial charge in [0.2, 0.25) is 0 Å². The molecule has 0 saturated heterocycles. The topological polar surface area (TPSA) is 3.88 Å². The van der Waals surface area contributed by atoms with Gasteiger partial charge in [0, 0.05) is 18.2 Å². The predicted molar refractivity (Wildman–Crippen MR) is 57.9 cm³/mol. The summed E-state index contributed by atoms with van der Waals surface area (Å²) in [5.41, 5.74) is 0.854. The lowest BCUT2D eigenvalue weighted by Gasteiger charge is -2.20. The molecule has 1 nitrogen and oxygen atoms in total. The number of pyridine rings is 1. The molecule has 2 atom stereocenters. The van der Waals surface area contributed by atoms with E-state index in [1.54, 1.807) is 0 Å². The average molecular weight is 222 g/mol. The number of aromatic nitrogens is 1. The molecule has 1 aliphatic rings. The van der Waals surface area contributed by atoms with Crippen molar-refractivity contribution >= 4 is 0 Å². The largest absolute Gasteiger partial charge is 0.211 e. The molecule has 2 rings (SSSR count). The van der Waals surface area contributed by atoms with Crippen molar-refractivity contribution < 1.29 is 13.3 Å². The van der Waals surface area contributed by atoms with Gasteiger partial charge < -0.3 is 0 Å². The first-order valence-electron chi connectivity index (χ1n) is 5.28. The van der Waals surface area contributed by atoms with E-state index in [4.69, 9.17) is 0 Å². The number of hydrogen-bond donors (Lipinski definition) is 0. The van der Waals surface area contributed by atoms with E-state index in [0.29, 0.717) is 0 Å². The van der Waals surface area contributed by atoms with Gasteiger partial charge in [-0.05, 0) is 12.0 Å². The Kier molecular flexibility index (Phi) is 2.86. The Morgan fingerprint density at radius 2 is 2.00 bits per heavy atom. The normalized spacial score (nSPS) is 25.0. The molecule has 0 bridgehead atoms. The van der Waals surface area contributed by atoms with Crippen LogP contribution in [0.25, 0.3) is 0 Å². The molecule has 84 valence electrons. The summed E-state index contributed by atoms with van der Waals surface area (Å²) in [6, 6.07) is 5.62. The van der Waals surface area contributed by atoms with Crippen LogP contribution in [0.5, 0.6) is 0 Å². The van der Waals surface area contributed by atoms with Crippen LogP contribution in [0.15, 0.2) is 48.2 Å². The zero-order valence-corrected chi connectivity index (χ0v) is 9.32. The number of allylic oxidation sites excluding steroid dienone is 4. The van der Waals surface area contributed by atoms with Crippen molar-refractivity contribution in [3.63, 3.8) is 0 Å². The van der Waals surface area contributed by atoms with Gasteiger partial charge in [0.1, 0.15) is 24.6 Å². The molecule has 2 unspecified atom stereocenters. The van der Waals surface area contributed by atoms with Crippen LogP contribution < -0.4 is 4.57 Å². The van der Waals surface area contributed by atoms with Crippen molar-refractivity contribution in [2.45, 2.75) is 12.8 Å².